The van der Waals surface area contributed by atoms with Crippen LogP contribution >= 0.6 is 0 Å². The molecule has 0 atom stereocenters. The molecule has 8 nitrogen and oxygen atoms in total. The van der Waals surface area contributed by atoms with Crippen molar-refractivity contribution in [2.24, 2.45) is 10.9 Å². The molecule has 0 aliphatic carbocycles. The molecule has 168 valence electrons. The predicted octanol–water partition coefficient (Wildman–Crippen LogP) is 2.04. The molecular formula is C20H30F2N4O4. The average Bonchev–Trinajstić information content (AvgIpc) is 3.20. The molecule has 3 rings (SSSR count). The number of alkyl halides is 2. The molecule has 0 spiro atoms. The molecule has 0 amide bonds. The third-order valence-corrected chi connectivity index (χ3v) is 5.32. The Balaban J connectivity index is 1.49. The monoisotopic (exact) mass is 428 g/mol. The second-order valence-electron chi connectivity index (χ2n) is 7.28. The lowest BCUT2D eigenvalue weighted by Gasteiger charge is -2.32. The molecule has 1 saturated heterocycles. The highest BCUT2D eigenvalue weighted by molar-refractivity contribution is 5.79. The van der Waals surface area contributed by atoms with Gasteiger partial charge >= 0.3 is 6.61 Å². The summed E-state index contributed by atoms with van der Waals surface area (Å²) in [4.78, 5) is 6.64. The molecule has 2 aliphatic rings. The number of nitrogens with zero attached hydrogens (tertiary/aromatic N) is 2. The summed E-state index contributed by atoms with van der Waals surface area (Å²) in [6, 6.07) is 3.08. The number of fused-ring (bicyclic) bond motifs is 1. The first kappa shape index (κ1) is 22.4. The van der Waals surface area contributed by atoms with Gasteiger partial charge in [0.05, 0.1) is 6.61 Å². The predicted molar refractivity (Wildman–Crippen MR) is 108 cm³/mol. The SMILES string of the molecule is CN=C(NCc1cc2c(cc1OC(F)F)OCO2)NCC1CCN(CCOC)CC1. The Morgan fingerprint density at radius 3 is 2.63 bits per heavy atom. The summed E-state index contributed by atoms with van der Waals surface area (Å²) in [6.07, 6.45) is 2.23. The van der Waals surface area contributed by atoms with Crippen molar-refractivity contribution in [1.82, 2.24) is 15.5 Å². The van der Waals surface area contributed by atoms with Crippen LogP contribution in [-0.4, -0.2) is 71.2 Å². The molecular weight excluding hydrogens is 398 g/mol. The molecule has 2 heterocycles. The number of likely N-dealkylation sites (tertiary alicyclic amines) is 1. The van der Waals surface area contributed by atoms with E-state index in [1.165, 1.54) is 6.07 Å². The van der Waals surface area contributed by atoms with E-state index in [1.807, 2.05) is 0 Å². The third kappa shape index (κ3) is 6.33. The molecule has 1 aromatic rings. The van der Waals surface area contributed by atoms with Crippen LogP contribution in [0.2, 0.25) is 0 Å². The van der Waals surface area contributed by atoms with Crippen LogP contribution in [0.3, 0.4) is 0 Å². The van der Waals surface area contributed by atoms with E-state index in [9.17, 15) is 8.78 Å². The summed E-state index contributed by atoms with van der Waals surface area (Å²) in [5, 5.41) is 6.49. The molecule has 0 aromatic heterocycles. The van der Waals surface area contributed by atoms with Crippen molar-refractivity contribution in [3.05, 3.63) is 17.7 Å². The number of halogens is 2. The zero-order valence-corrected chi connectivity index (χ0v) is 17.5. The van der Waals surface area contributed by atoms with E-state index in [4.69, 9.17) is 14.2 Å². The second-order valence-corrected chi connectivity index (χ2v) is 7.28. The number of benzene rings is 1. The van der Waals surface area contributed by atoms with Gasteiger partial charge in [-0.05, 0) is 37.9 Å². The van der Waals surface area contributed by atoms with Crippen molar-refractivity contribution in [2.45, 2.75) is 26.0 Å². The van der Waals surface area contributed by atoms with Crippen molar-refractivity contribution >= 4 is 5.96 Å². The van der Waals surface area contributed by atoms with Gasteiger partial charge in [0.2, 0.25) is 6.79 Å². The van der Waals surface area contributed by atoms with Gasteiger partial charge in [0.1, 0.15) is 5.75 Å². The van der Waals surface area contributed by atoms with Gasteiger partial charge in [0, 0.05) is 45.4 Å². The molecule has 0 bridgehead atoms. The summed E-state index contributed by atoms with van der Waals surface area (Å²) in [7, 11) is 3.40. The number of ether oxygens (including phenoxy) is 4. The molecule has 1 aromatic carbocycles. The second kappa shape index (κ2) is 11.2. The largest absolute Gasteiger partial charge is 0.454 e. The lowest BCUT2D eigenvalue weighted by molar-refractivity contribution is -0.0505. The zero-order chi connectivity index (χ0) is 21.3. The first-order valence-electron chi connectivity index (χ1n) is 10.1. The number of guanidine groups is 1. The Morgan fingerprint density at radius 1 is 1.23 bits per heavy atom. The number of hydrogen-bond acceptors (Lipinski definition) is 6. The zero-order valence-electron chi connectivity index (χ0n) is 17.5. The maximum atomic E-state index is 12.8. The molecule has 10 heteroatoms. The normalized spacial score (nSPS) is 17.4. The van der Waals surface area contributed by atoms with Gasteiger partial charge in [-0.2, -0.15) is 8.78 Å². The maximum Gasteiger partial charge on any atom is 0.387 e. The Labute approximate surface area is 175 Å². The number of piperidine rings is 1. The van der Waals surface area contributed by atoms with Crippen molar-refractivity contribution in [3.63, 3.8) is 0 Å². The van der Waals surface area contributed by atoms with Crippen LogP contribution in [0, 0.1) is 5.92 Å². The number of methoxy groups -OCH3 is 1. The van der Waals surface area contributed by atoms with E-state index in [0.29, 0.717) is 28.9 Å². The lowest BCUT2D eigenvalue weighted by atomic mass is 9.97. The van der Waals surface area contributed by atoms with E-state index in [1.54, 1.807) is 20.2 Å². The van der Waals surface area contributed by atoms with Gasteiger partial charge in [0.15, 0.2) is 17.5 Å². The van der Waals surface area contributed by atoms with E-state index >= 15 is 0 Å². The summed E-state index contributed by atoms with van der Waals surface area (Å²) in [6.45, 7) is 2.06. The van der Waals surface area contributed by atoms with Crippen LogP contribution in [0.5, 0.6) is 17.2 Å². The first-order valence-corrected chi connectivity index (χ1v) is 10.1. The van der Waals surface area contributed by atoms with Crippen LogP contribution in [0.1, 0.15) is 18.4 Å². The van der Waals surface area contributed by atoms with Crippen LogP contribution < -0.4 is 24.8 Å². The fraction of sp³-hybridized carbons (Fsp3) is 0.650. The molecule has 2 aliphatic heterocycles. The van der Waals surface area contributed by atoms with E-state index in [-0.39, 0.29) is 19.1 Å². The minimum atomic E-state index is -2.92. The highest BCUT2D eigenvalue weighted by Gasteiger charge is 2.21. The van der Waals surface area contributed by atoms with Crippen molar-refractivity contribution in [1.29, 1.82) is 0 Å². The fourth-order valence-corrected chi connectivity index (χ4v) is 3.58. The molecule has 0 radical (unpaired) electrons. The van der Waals surface area contributed by atoms with Crippen molar-refractivity contribution in [2.75, 3.05) is 53.7 Å². The van der Waals surface area contributed by atoms with Gasteiger partial charge in [-0.15, -0.1) is 0 Å². The summed E-state index contributed by atoms with van der Waals surface area (Å²) >= 11 is 0. The molecule has 1 fully saturated rings. The number of rotatable bonds is 9. The first-order chi connectivity index (χ1) is 14.6. The third-order valence-electron chi connectivity index (χ3n) is 5.32. The van der Waals surface area contributed by atoms with Crippen molar-refractivity contribution < 1.29 is 27.7 Å². The van der Waals surface area contributed by atoms with Gasteiger partial charge in [-0.25, -0.2) is 0 Å². The average molecular weight is 428 g/mol. The standard InChI is InChI=1S/C20H30F2N4O4/c1-23-20(24-11-14-3-5-26(6-4-14)7-8-27-2)25-12-15-9-17-18(29-13-28-17)10-16(15)30-19(21)22/h9-10,14,19H,3-8,11-13H2,1-2H3,(H2,23,24,25). The molecule has 30 heavy (non-hydrogen) atoms. The molecule has 0 saturated carbocycles. The van der Waals surface area contributed by atoms with Crippen LogP contribution in [0.15, 0.2) is 17.1 Å². The Hall–Kier alpha value is -2.33. The number of aliphatic imine (C=N–C) groups is 1. The van der Waals surface area contributed by atoms with E-state index in [0.717, 1.165) is 45.6 Å². The highest BCUT2D eigenvalue weighted by Crippen LogP contribution is 2.38. The fourth-order valence-electron chi connectivity index (χ4n) is 3.58. The molecule has 0 unspecified atom stereocenters. The smallest absolute Gasteiger partial charge is 0.387 e. The van der Waals surface area contributed by atoms with Gasteiger partial charge in [0.25, 0.3) is 0 Å². The van der Waals surface area contributed by atoms with Gasteiger partial charge in [-0.3, -0.25) is 4.99 Å². The van der Waals surface area contributed by atoms with Crippen LogP contribution in [0.25, 0.3) is 0 Å². The minimum absolute atomic E-state index is 0.0561. The Bertz CT molecular complexity index is 712. The van der Waals surface area contributed by atoms with E-state index < -0.39 is 6.61 Å². The maximum absolute atomic E-state index is 12.8. The van der Waals surface area contributed by atoms with Crippen LogP contribution in [0.4, 0.5) is 8.78 Å². The molecule has 2 N–H and O–H groups in total. The topological polar surface area (TPSA) is 76.6 Å². The Kier molecular flexibility index (Phi) is 8.32. The van der Waals surface area contributed by atoms with Crippen molar-refractivity contribution in [3.8, 4) is 17.2 Å². The quantitative estimate of drug-likeness (QED) is 0.461. The lowest BCUT2D eigenvalue weighted by Crippen LogP contribution is -2.43. The van der Waals surface area contributed by atoms with E-state index in [2.05, 4.69) is 25.3 Å². The number of nitrogens with one attached hydrogen (secondary N) is 2. The summed E-state index contributed by atoms with van der Waals surface area (Å²) in [5.74, 6) is 2.13. The summed E-state index contributed by atoms with van der Waals surface area (Å²) in [5.41, 5.74) is 0.536. The van der Waals surface area contributed by atoms with Gasteiger partial charge in [-0.1, -0.05) is 0 Å². The van der Waals surface area contributed by atoms with Gasteiger partial charge < -0.3 is 34.5 Å². The summed E-state index contributed by atoms with van der Waals surface area (Å²) < 4.78 is 45.9. The van der Waals surface area contributed by atoms with Crippen LogP contribution in [-0.2, 0) is 11.3 Å². The number of hydrogen-bond donors (Lipinski definition) is 2. The Morgan fingerprint density at radius 2 is 1.97 bits per heavy atom. The highest BCUT2D eigenvalue weighted by atomic mass is 19.3. The minimum Gasteiger partial charge on any atom is -0.454 e.